The molecule has 0 heterocycles. The number of sulfonamides is 1. The number of amides is 1. The number of primary amides is 1. The van der Waals surface area contributed by atoms with Crippen LogP contribution >= 0.6 is 0 Å². The zero-order valence-corrected chi connectivity index (χ0v) is 18.3. The fourth-order valence-electron chi connectivity index (χ4n) is 1.42. The first-order chi connectivity index (χ1) is 12.7. The second kappa shape index (κ2) is 17.1. The minimum atomic E-state index is -3.52. The lowest BCUT2D eigenvalue weighted by Crippen LogP contribution is -2.11. The monoisotopic (exact) mass is 397 g/mol. The van der Waals surface area contributed by atoms with E-state index < -0.39 is 15.9 Å². The standard InChI is InChI=1S/C7H8N2O.C7H9NO2S.3C2H6/c8-6-3-1-2-5(4-6)7(9)10;1-6-2-4-7(5-3-6)11(8,9)10;3*1-2/h1-4H,8H2,(H2,9,10);2-5H,1H3,(H2,8,9,10);3*1-2H3. The van der Waals surface area contributed by atoms with Crippen LogP contribution in [0.5, 0.6) is 0 Å². The maximum absolute atomic E-state index is 10.7. The smallest absolute Gasteiger partial charge is 0.248 e. The van der Waals surface area contributed by atoms with Gasteiger partial charge in [0, 0.05) is 11.3 Å². The van der Waals surface area contributed by atoms with Crippen LogP contribution in [0.15, 0.2) is 53.4 Å². The molecule has 6 nitrogen and oxygen atoms in total. The van der Waals surface area contributed by atoms with E-state index in [9.17, 15) is 13.2 Å². The summed E-state index contributed by atoms with van der Waals surface area (Å²) in [5.41, 5.74) is 12.4. The van der Waals surface area contributed by atoms with Crippen LogP contribution in [0, 0.1) is 6.92 Å². The molecule has 0 aromatic heterocycles. The highest BCUT2D eigenvalue weighted by molar-refractivity contribution is 7.89. The Kier molecular flexibility index (Phi) is 18.6. The number of carbonyl (C=O) groups is 1. The van der Waals surface area contributed by atoms with Crippen molar-refractivity contribution in [2.45, 2.75) is 53.4 Å². The molecule has 0 atom stereocenters. The number of carbonyl (C=O) groups excluding carboxylic acids is 1. The van der Waals surface area contributed by atoms with E-state index >= 15 is 0 Å². The minimum absolute atomic E-state index is 0.156. The van der Waals surface area contributed by atoms with Crippen molar-refractivity contribution in [2.75, 3.05) is 5.73 Å². The second-order valence-electron chi connectivity index (χ2n) is 4.35. The number of anilines is 1. The van der Waals surface area contributed by atoms with Gasteiger partial charge in [-0.1, -0.05) is 65.3 Å². The van der Waals surface area contributed by atoms with Crippen molar-refractivity contribution in [1.29, 1.82) is 0 Å². The van der Waals surface area contributed by atoms with Crippen LogP contribution in [-0.4, -0.2) is 14.3 Å². The highest BCUT2D eigenvalue weighted by Crippen LogP contribution is 2.07. The number of hydrogen-bond donors (Lipinski definition) is 3. The quantitative estimate of drug-likeness (QED) is 0.659. The molecule has 0 saturated heterocycles. The number of benzene rings is 2. The number of hydrogen-bond acceptors (Lipinski definition) is 4. The number of rotatable bonds is 2. The molecule has 0 fully saturated rings. The highest BCUT2D eigenvalue weighted by Gasteiger charge is 2.04. The van der Waals surface area contributed by atoms with Crippen molar-refractivity contribution < 1.29 is 13.2 Å². The van der Waals surface area contributed by atoms with Gasteiger partial charge in [0.05, 0.1) is 4.90 Å². The summed E-state index contributed by atoms with van der Waals surface area (Å²) in [6, 6.07) is 13.0. The Hall–Kier alpha value is -2.38. The van der Waals surface area contributed by atoms with Gasteiger partial charge in [-0.05, 0) is 37.3 Å². The van der Waals surface area contributed by atoms with Crippen molar-refractivity contribution in [3.05, 3.63) is 59.7 Å². The number of aryl methyl sites for hydroxylation is 1. The predicted molar refractivity (Wildman–Crippen MR) is 116 cm³/mol. The molecular formula is C20H35N3O3S. The van der Waals surface area contributed by atoms with E-state index in [1.54, 1.807) is 36.4 Å². The van der Waals surface area contributed by atoms with E-state index in [1.165, 1.54) is 12.1 Å². The van der Waals surface area contributed by atoms with Crippen LogP contribution in [0.1, 0.15) is 57.5 Å². The lowest BCUT2D eigenvalue weighted by Gasteiger charge is -1.96. The summed E-state index contributed by atoms with van der Waals surface area (Å²) in [6.45, 7) is 13.9. The first-order valence-corrected chi connectivity index (χ1v) is 10.5. The Morgan fingerprint density at radius 1 is 0.852 bits per heavy atom. The number of nitrogens with two attached hydrogens (primary N) is 3. The third-order valence-electron chi connectivity index (χ3n) is 2.52. The molecule has 27 heavy (non-hydrogen) atoms. The van der Waals surface area contributed by atoms with Crippen LogP contribution in [0.2, 0.25) is 0 Å². The summed E-state index contributed by atoms with van der Waals surface area (Å²) in [5.74, 6) is -0.452. The van der Waals surface area contributed by atoms with Gasteiger partial charge in [0.25, 0.3) is 0 Å². The second-order valence-corrected chi connectivity index (χ2v) is 5.91. The molecule has 154 valence electrons. The van der Waals surface area contributed by atoms with Gasteiger partial charge in [-0.3, -0.25) is 4.79 Å². The number of primary sulfonamides is 1. The Bertz CT molecular complexity index is 728. The molecule has 0 aliphatic heterocycles. The lowest BCUT2D eigenvalue weighted by atomic mass is 10.2. The molecule has 0 aliphatic carbocycles. The molecule has 0 radical (unpaired) electrons. The van der Waals surface area contributed by atoms with Crippen molar-refractivity contribution in [1.82, 2.24) is 0 Å². The average Bonchev–Trinajstić information content (AvgIpc) is 2.67. The summed E-state index contributed by atoms with van der Waals surface area (Å²) in [6.07, 6.45) is 0. The van der Waals surface area contributed by atoms with Crippen LogP contribution in [0.4, 0.5) is 5.69 Å². The first kappa shape index (κ1) is 29.4. The van der Waals surface area contributed by atoms with Gasteiger partial charge in [0.1, 0.15) is 0 Å². The zero-order valence-electron chi connectivity index (χ0n) is 17.5. The van der Waals surface area contributed by atoms with E-state index in [0.717, 1.165) is 5.56 Å². The molecule has 0 saturated carbocycles. The Labute approximate surface area is 164 Å². The van der Waals surface area contributed by atoms with E-state index in [4.69, 9.17) is 16.6 Å². The molecule has 2 aromatic rings. The van der Waals surface area contributed by atoms with E-state index in [2.05, 4.69) is 0 Å². The van der Waals surface area contributed by atoms with Gasteiger partial charge in [-0.25, -0.2) is 13.6 Å². The van der Waals surface area contributed by atoms with Crippen LogP contribution in [-0.2, 0) is 10.0 Å². The average molecular weight is 398 g/mol. The van der Waals surface area contributed by atoms with Gasteiger partial charge in [0.15, 0.2) is 0 Å². The normalized spacial score (nSPS) is 8.74. The van der Waals surface area contributed by atoms with Crippen molar-refractivity contribution in [2.24, 2.45) is 10.9 Å². The van der Waals surface area contributed by atoms with E-state index in [1.807, 2.05) is 48.5 Å². The Balaban J connectivity index is -0.000000335. The summed E-state index contributed by atoms with van der Waals surface area (Å²) >= 11 is 0. The molecule has 2 aromatic carbocycles. The predicted octanol–water partition coefficient (Wildman–Crippen LogP) is 4.09. The third-order valence-corrected chi connectivity index (χ3v) is 3.45. The third kappa shape index (κ3) is 14.5. The zero-order chi connectivity index (χ0) is 22.0. The maximum atomic E-state index is 10.7. The Morgan fingerprint density at radius 3 is 1.59 bits per heavy atom. The fraction of sp³-hybridized carbons (Fsp3) is 0.350. The van der Waals surface area contributed by atoms with Crippen LogP contribution < -0.4 is 16.6 Å². The molecule has 2 rings (SSSR count). The fourth-order valence-corrected chi connectivity index (χ4v) is 1.94. The SMILES string of the molecule is CC.CC.CC.Cc1ccc(S(N)(=O)=O)cc1.NC(=O)c1cccc(N)c1. The molecule has 1 amide bonds. The molecule has 0 spiro atoms. The molecule has 0 bridgehead atoms. The van der Waals surface area contributed by atoms with Gasteiger partial charge in [-0.15, -0.1) is 0 Å². The maximum Gasteiger partial charge on any atom is 0.248 e. The molecular weight excluding hydrogens is 362 g/mol. The van der Waals surface area contributed by atoms with Gasteiger partial charge in [0.2, 0.25) is 15.9 Å². The largest absolute Gasteiger partial charge is 0.399 e. The van der Waals surface area contributed by atoms with Crippen LogP contribution in [0.25, 0.3) is 0 Å². The summed E-state index contributed by atoms with van der Waals surface area (Å²) < 4.78 is 21.4. The van der Waals surface area contributed by atoms with E-state index in [0.29, 0.717) is 11.3 Å². The highest BCUT2D eigenvalue weighted by atomic mass is 32.2. The Morgan fingerprint density at radius 2 is 1.30 bits per heavy atom. The van der Waals surface area contributed by atoms with Crippen molar-refractivity contribution in [3.8, 4) is 0 Å². The van der Waals surface area contributed by atoms with Crippen molar-refractivity contribution >= 4 is 21.6 Å². The van der Waals surface area contributed by atoms with Gasteiger partial charge in [-0.2, -0.15) is 0 Å². The van der Waals surface area contributed by atoms with Gasteiger partial charge < -0.3 is 11.5 Å². The van der Waals surface area contributed by atoms with E-state index in [-0.39, 0.29) is 4.90 Å². The molecule has 7 heteroatoms. The van der Waals surface area contributed by atoms with Gasteiger partial charge >= 0.3 is 0 Å². The summed E-state index contributed by atoms with van der Waals surface area (Å²) in [7, 11) is -3.52. The number of nitrogen functional groups attached to an aromatic ring is 1. The minimum Gasteiger partial charge on any atom is -0.399 e. The molecule has 6 N–H and O–H groups in total. The molecule has 0 unspecified atom stereocenters. The topological polar surface area (TPSA) is 129 Å². The van der Waals surface area contributed by atoms with Crippen LogP contribution in [0.3, 0.4) is 0 Å². The van der Waals surface area contributed by atoms with Crippen molar-refractivity contribution in [3.63, 3.8) is 0 Å². The lowest BCUT2D eigenvalue weighted by molar-refractivity contribution is 0.100. The summed E-state index contributed by atoms with van der Waals surface area (Å²) in [4.78, 5) is 10.7. The first-order valence-electron chi connectivity index (χ1n) is 8.95. The summed E-state index contributed by atoms with van der Waals surface area (Å²) in [5, 5.41) is 4.88. The molecule has 0 aliphatic rings.